The van der Waals surface area contributed by atoms with Crippen LogP contribution < -0.4 is 0 Å². The van der Waals surface area contributed by atoms with Crippen LogP contribution in [0, 0.1) is 0 Å². The van der Waals surface area contributed by atoms with Crippen molar-refractivity contribution >= 4 is 33.2 Å². The second-order valence-corrected chi connectivity index (χ2v) is 8.26. The highest BCUT2D eigenvalue weighted by molar-refractivity contribution is 9.11. The van der Waals surface area contributed by atoms with Gasteiger partial charge in [-0.3, -0.25) is 9.78 Å². The fourth-order valence-electron chi connectivity index (χ4n) is 2.60. The first kappa shape index (κ1) is 17.8. The van der Waals surface area contributed by atoms with Gasteiger partial charge in [0, 0.05) is 25.5 Å². The van der Waals surface area contributed by atoms with E-state index in [0.29, 0.717) is 13.1 Å². The molecule has 2 aromatic heterocycles. The minimum absolute atomic E-state index is 0.0409. The Labute approximate surface area is 160 Å². The van der Waals surface area contributed by atoms with E-state index in [1.165, 1.54) is 16.9 Å². The molecule has 5 heteroatoms. The molecule has 3 rings (SSSR count). The van der Waals surface area contributed by atoms with Crippen LogP contribution in [0.25, 0.3) is 0 Å². The zero-order chi connectivity index (χ0) is 17.6. The van der Waals surface area contributed by atoms with E-state index in [-0.39, 0.29) is 5.91 Å². The fraction of sp³-hybridized carbons (Fsp3) is 0.200. The van der Waals surface area contributed by atoms with Gasteiger partial charge < -0.3 is 4.90 Å². The van der Waals surface area contributed by atoms with Gasteiger partial charge in [0.25, 0.3) is 5.91 Å². The van der Waals surface area contributed by atoms with Crippen molar-refractivity contribution in [2.24, 2.45) is 0 Å². The van der Waals surface area contributed by atoms with Gasteiger partial charge in [0.15, 0.2) is 0 Å². The summed E-state index contributed by atoms with van der Waals surface area (Å²) in [5.74, 6) is 0.0409. The molecular formula is C20H19BrN2OS. The van der Waals surface area contributed by atoms with Gasteiger partial charge in [-0.25, -0.2) is 0 Å². The summed E-state index contributed by atoms with van der Waals surface area (Å²) in [6.07, 6.45) is 4.57. The number of rotatable bonds is 6. The number of halogens is 1. The molecule has 0 atom stereocenters. The predicted octanol–water partition coefficient (Wildman–Crippen LogP) is 5.31. The summed E-state index contributed by atoms with van der Waals surface area (Å²) >= 11 is 4.90. The molecule has 0 aliphatic heterocycles. The van der Waals surface area contributed by atoms with Crippen molar-refractivity contribution in [2.45, 2.75) is 26.4 Å². The van der Waals surface area contributed by atoms with E-state index in [9.17, 15) is 4.79 Å². The molecule has 0 aliphatic rings. The number of hydrogen-bond acceptors (Lipinski definition) is 3. The van der Waals surface area contributed by atoms with Crippen LogP contribution >= 0.6 is 27.3 Å². The van der Waals surface area contributed by atoms with Crippen LogP contribution in [0.15, 0.2) is 64.7 Å². The number of carbonyl (C=O) groups is 1. The van der Waals surface area contributed by atoms with Gasteiger partial charge in [-0.05, 0) is 57.2 Å². The quantitative estimate of drug-likeness (QED) is 0.547. The number of benzene rings is 1. The number of amides is 1. The zero-order valence-corrected chi connectivity index (χ0v) is 16.4. The number of pyridine rings is 1. The van der Waals surface area contributed by atoms with Crippen LogP contribution in [0.4, 0.5) is 0 Å². The monoisotopic (exact) mass is 414 g/mol. The zero-order valence-electron chi connectivity index (χ0n) is 14.0. The molecule has 0 unspecified atom stereocenters. The van der Waals surface area contributed by atoms with Crippen molar-refractivity contribution in [3.63, 3.8) is 0 Å². The molecule has 25 heavy (non-hydrogen) atoms. The van der Waals surface area contributed by atoms with Crippen molar-refractivity contribution in [3.05, 3.63) is 86.3 Å². The summed E-state index contributed by atoms with van der Waals surface area (Å²) in [6, 6.07) is 16.1. The molecule has 1 amide bonds. The normalized spacial score (nSPS) is 10.6. The highest BCUT2D eigenvalue weighted by Gasteiger charge is 2.18. The first-order valence-electron chi connectivity index (χ1n) is 8.17. The minimum Gasteiger partial charge on any atom is -0.329 e. The molecule has 0 bridgehead atoms. The SMILES string of the molecule is CCc1ccc(CN(Cc2cccnc2)C(=O)c2ccc(Br)s2)cc1. The third-order valence-electron chi connectivity index (χ3n) is 3.97. The Morgan fingerprint density at radius 1 is 1.04 bits per heavy atom. The van der Waals surface area contributed by atoms with Gasteiger partial charge in [-0.2, -0.15) is 0 Å². The van der Waals surface area contributed by atoms with E-state index in [2.05, 4.69) is 52.1 Å². The van der Waals surface area contributed by atoms with Crippen LogP contribution in [0.5, 0.6) is 0 Å². The van der Waals surface area contributed by atoms with Gasteiger partial charge in [0.2, 0.25) is 0 Å². The van der Waals surface area contributed by atoms with Crippen molar-refractivity contribution in [1.29, 1.82) is 0 Å². The van der Waals surface area contributed by atoms with E-state index in [1.807, 2.05) is 35.4 Å². The highest BCUT2D eigenvalue weighted by atomic mass is 79.9. The lowest BCUT2D eigenvalue weighted by Gasteiger charge is -2.22. The van der Waals surface area contributed by atoms with Crippen LogP contribution in [0.3, 0.4) is 0 Å². The predicted molar refractivity (Wildman–Crippen MR) is 106 cm³/mol. The summed E-state index contributed by atoms with van der Waals surface area (Å²) in [5.41, 5.74) is 3.46. The molecule has 0 saturated heterocycles. The number of nitrogens with zero attached hydrogens (tertiary/aromatic N) is 2. The summed E-state index contributed by atoms with van der Waals surface area (Å²) in [4.78, 5) is 19.8. The maximum atomic E-state index is 13.0. The Morgan fingerprint density at radius 3 is 2.36 bits per heavy atom. The number of carbonyl (C=O) groups excluding carboxylic acids is 1. The summed E-state index contributed by atoms with van der Waals surface area (Å²) in [6.45, 7) is 3.26. The van der Waals surface area contributed by atoms with Crippen molar-refractivity contribution in [1.82, 2.24) is 9.88 Å². The van der Waals surface area contributed by atoms with Gasteiger partial charge in [-0.1, -0.05) is 37.3 Å². The van der Waals surface area contributed by atoms with Gasteiger partial charge in [-0.15, -0.1) is 11.3 Å². The summed E-state index contributed by atoms with van der Waals surface area (Å²) in [7, 11) is 0. The topological polar surface area (TPSA) is 33.2 Å². The van der Waals surface area contributed by atoms with Crippen molar-refractivity contribution in [2.75, 3.05) is 0 Å². The average molecular weight is 415 g/mol. The van der Waals surface area contributed by atoms with Gasteiger partial charge >= 0.3 is 0 Å². The van der Waals surface area contributed by atoms with Crippen LogP contribution in [0.2, 0.25) is 0 Å². The largest absolute Gasteiger partial charge is 0.329 e. The highest BCUT2D eigenvalue weighted by Crippen LogP contribution is 2.24. The minimum atomic E-state index is 0.0409. The standard InChI is InChI=1S/C20H19BrN2OS/c1-2-15-5-7-16(8-6-15)13-23(14-17-4-3-11-22-12-17)20(24)18-9-10-19(21)25-18/h3-12H,2,13-14H2,1H3. The molecule has 0 saturated carbocycles. The average Bonchev–Trinajstić information content (AvgIpc) is 3.08. The maximum Gasteiger partial charge on any atom is 0.264 e. The van der Waals surface area contributed by atoms with Crippen LogP contribution in [-0.2, 0) is 19.5 Å². The lowest BCUT2D eigenvalue weighted by molar-refractivity contribution is 0.0735. The molecule has 3 aromatic rings. The molecule has 2 heterocycles. The molecule has 0 N–H and O–H groups in total. The molecule has 0 fully saturated rings. The summed E-state index contributed by atoms with van der Waals surface area (Å²) in [5, 5.41) is 0. The van der Waals surface area contributed by atoms with Crippen LogP contribution in [0.1, 0.15) is 33.3 Å². The first-order chi connectivity index (χ1) is 12.2. The molecule has 3 nitrogen and oxygen atoms in total. The molecule has 0 radical (unpaired) electrons. The number of hydrogen-bond donors (Lipinski definition) is 0. The molecule has 128 valence electrons. The number of aromatic nitrogens is 1. The van der Waals surface area contributed by atoms with Gasteiger partial charge in [0.05, 0.1) is 8.66 Å². The second-order valence-electron chi connectivity index (χ2n) is 5.80. The Kier molecular flexibility index (Phi) is 6.00. The van der Waals surface area contributed by atoms with Crippen LogP contribution in [-0.4, -0.2) is 15.8 Å². The lowest BCUT2D eigenvalue weighted by atomic mass is 10.1. The molecule has 0 spiro atoms. The van der Waals surface area contributed by atoms with E-state index in [1.54, 1.807) is 6.20 Å². The maximum absolute atomic E-state index is 13.0. The third kappa shape index (κ3) is 4.77. The molecule has 1 aromatic carbocycles. The van der Waals surface area contributed by atoms with E-state index >= 15 is 0 Å². The molecular weight excluding hydrogens is 396 g/mol. The Balaban J connectivity index is 1.83. The second kappa shape index (κ2) is 8.41. The van der Waals surface area contributed by atoms with Crippen molar-refractivity contribution in [3.8, 4) is 0 Å². The van der Waals surface area contributed by atoms with E-state index < -0.39 is 0 Å². The molecule has 0 aliphatic carbocycles. The third-order valence-corrected chi connectivity index (χ3v) is 5.58. The smallest absolute Gasteiger partial charge is 0.264 e. The number of aryl methyl sites for hydroxylation is 1. The van der Waals surface area contributed by atoms with E-state index in [4.69, 9.17) is 0 Å². The van der Waals surface area contributed by atoms with Crippen molar-refractivity contribution < 1.29 is 4.79 Å². The Morgan fingerprint density at radius 2 is 1.76 bits per heavy atom. The lowest BCUT2D eigenvalue weighted by Crippen LogP contribution is -2.29. The fourth-order valence-corrected chi connectivity index (χ4v) is 3.95. The number of thiophene rings is 1. The Hall–Kier alpha value is -1.98. The summed E-state index contributed by atoms with van der Waals surface area (Å²) < 4.78 is 0.962. The Bertz CT molecular complexity index is 830. The first-order valence-corrected chi connectivity index (χ1v) is 9.78. The van der Waals surface area contributed by atoms with Gasteiger partial charge in [0.1, 0.15) is 0 Å². The van der Waals surface area contributed by atoms with E-state index in [0.717, 1.165) is 26.2 Å².